The van der Waals surface area contributed by atoms with Crippen LogP contribution in [0.15, 0.2) is 40.9 Å². The number of hydrogen-bond acceptors (Lipinski definition) is 3. The Morgan fingerprint density at radius 2 is 1.92 bits per heavy atom. The maximum atomic E-state index is 12.9. The number of aryl methyl sites for hydroxylation is 1. The smallest absolute Gasteiger partial charge is 0.420 e. The highest BCUT2D eigenvalue weighted by Crippen LogP contribution is 2.33. The monoisotopic (exact) mass is 420 g/mol. The van der Waals surface area contributed by atoms with Crippen molar-refractivity contribution < 1.29 is 9.53 Å². The molecule has 0 amide bonds. The summed E-state index contributed by atoms with van der Waals surface area (Å²) in [7, 11) is 0. The zero-order valence-electron chi connectivity index (χ0n) is 14.4. The number of imidazole rings is 1. The molecule has 130 valence electrons. The molecule has 4 nitrogen and oxygen atoms in total. The largest absolute Gasteiger partial charge is 0.443 e. The summed E-state index contributed by atoms with van der Waals surface area (Å²) in [6, 6.07) is 11.2. The number of halogens is 2. The number of benzene rings is 2. The van der Waals surface area contributed by atoms with Crippen molar-refractivity contribution in [2.75, 3.05) is 0 Å². The summed E-state index contributed by atoms with van der Waals surface area (Å²) in [6.45, 7) is 7.48. The first-order chi connectivity index (χ1) is 11.7. The van der Waals surface area contributed by atoms with Crippen molar-refractivity contribution in [2.24, 2.45) is 0 Å². The van der Waals surface area contributed by atoms with E-state index in [-0.39, 0.29) is 0 Å². The molecule has 0 N–H and O–H groups in total. The molecule has 3 rings (SSSR count). The number of hydrogen-bond donors (Lipinski definition) is 0. The van der Waals surface area contributed by atoms with Crippen LogP contribution in [0.25, 0.3) is 22.4 Å². The Morgan fingerprint density at radius 1 is 1.20 bits per heavy atom. The van der Waals surface area contributed by atoms with E-state index in [2.05, 4.69) is 20.9 Å². The quantitative estimate of drug-likeness (QED) is 0.469. The third-order valence-electron chi connectivity index (χ3n) is 3.56. The number of fused-ring (bicyclic) bond motifs is 1. The first kappa shape index (κ1) is 18.0. The van der Waals surface area contributed by atoms with Gasteiger partial charge in [0.2, 0.25) is 0 Å². The van der Waals surface area contributed by atoms with E-state index in [1.165, 1.54) is 4.57 Å². The number of aromatic nitrogens is 2. The lowest BCUT2D eigenvalue weighted by atomic mass is 10.2. The Hall–Kier alpha value is -1.85. The van der Waals surface area contributed by atoms with Gasteiger partial charge in [-0.1, -0.05) is 33.6 Å². The second-order valence-electron chi connectivity index (χ2n) is 6.87. The van der Waals surface area contributed by atoms with Gasteiger partial charge in [0.05, 0.1) is 16.1 Å². The Kier molecular flexibility index (Phi) is 4.64. The molecule has 0 saturated heterocycles. The van der Waals surface area contributed by atoms with E-state index in [0.29, 0.717) is 21.9 Å². The second-order valence-corrected chi connectivity index (χ2v) is 8.19. The lowest BCUT2D eigenvalue weighted by Gasteiger charge is -2.20. The Morgan fingerprint density at radius 3 is 2.60 bits per heavy atom. The van der Waals surface area contributed by atoms with E-state index < -0.39 is 11.7 Å². The average molecular weight is 422 g/mol. The lowest BCUT2D eigenvalue weighted by Crippen LogP contribution is -2.27. The minimum atomic E-state index is -0.614. The van der Waals surface area contributed by atoms with Gasteiger partial charge in [0, 0.05) is 10.0 Å². The Labute approximate surface area is 159 Å². The molecule has 0 aliphatic carbocycles. The molecule has 0 aliphatic heterocycles. The van der Waals surface area contributed by atoms with Gasteiger partial charge in [-0.3, -0.25) is 0 Å². The fourth-order valence-corrected chi connectivity index (χ4v) is 3.10. The molecule has 25 heavy (non-hydrogen) atoms. The zero-order valence-corrected chi connectivity index (χ0v) is 16.8. The molecule has 0 aliphatic rings. The van der Waals surface area contributed by atoms with Crippen molar-refractivity contribution >= 4 is 44.7 Å². The van der Waals surface area contributed by atoms with Crippen LogP contribution in [0.2, 0.25) is 5.02 Å². The van der Waals surface area contributed by atoms with Gasteiger partial charge in [-0.2, -0.15) is 0 Å². The summed E-state index contributed by atoms with van der Waals surface area (Å²) in [5, 5.41) is 0.514. The molecule has 0 atom stereocenters. The summed E-state index contributed by atoms with van der Waals surface area (Å²) in [5.74, 6) is 0.459. The molecule has 0 unspecified atom stereocenters. The highest BCUT2D eigenvalue weighted by molar-refractivity contribution is 9.10. The maximum Gasteiger partial charge on any atom is 0.420 e. The van der Waals surface area contributed by atoms with Crippen molar-refractivity contribution in [1.29, 1.82) is 0 Å². The third kappa shape index (κ3) is 3.72. The molecule has 2 aromatic carbocycles. The standard InChI is InChI=1S/C19H18BrClN2O2/c1-11-5-8-16-15(9-11)22-17(13-10-12(20)6-7-14(13)21)23(16)18(24)25-19(2,3)4/h5-10H,1-4H3. The van der Waals surface area contributed by atoms with Crippen molar-refractivity contribution in [1.82, 2.24) is 9.55 Å². The van der Waals surface area contributed by atoms with Crippen LogP contribution in [0.4, 0.5) is 4.79 Å². The Balaban J connectivity index is 2.29. The molecule has 0 radical (unpaired) electrons. The van der Waals surface area contributed by atoms with E-state index in [0.717, 1.165) is 15.6 Å². The molecular weight excluding hydrogens is 404 g/mol. The fraction of sp³-hybridized carbons (Fsp3) is 0.263. The fourth-order valence-electron chi connectivity index (χ4n) is 2.53. The minimum Gasteiger partial charge on any atom is -0.443 e. The molecule has 1 heterocycles. The van der Waals surface area contributed by atoms with Gasteiger partial charge in [0.15, 0.2) is 5.82 Å². The van der Waals surface area contributed by atoms with E-state index >= 15 is 0 Å². The van der Waals surface area contributed by atoms with Crippen LogP contribution in [0.1, 0.15) is 26.3 Å². The van der Waals surface area contributed by atoms with Crippen LogP contribution in [0.3, 0.4) is 0 Å². The minimum absolute atomic E-state index is 0.459. The van der Waals surface area contributed by atoms with Crippen molar-refractivity contribution in [3.8, 4) is 11.4 Å². The normalized spacial score (nSPS) is 11.8. The summed E-state index contributed by atoms with van der Waals surface area (Å²) in [6.07, 6.45) is -0.482. The lowest BCUT2D eigenvalue weighted by molar-refractivity contribution is 0.0546. The predicted molar refractivity (Wildman–Crippen MR) is 104 cm³/mol. The van der Waals surface area contributed by atoms with E-state index in [1.807, 2.05) is 58.0 Å². The molecular formula is C19H18BrClN2O2. The van der Waals surface area contributed by atoms with E-state index in [1.54, 1.807) is 6.07 Å². The van der Waals surface area contributed by atoms with Crippen LogP contribution in [0.5, 0.6) is 0 Å². The highest BCUT2D eigenvalue weighted by Gasteiger charge is 2.25. The summed E-state index contributed by atoms with van der Waals surface area (Å²) >= 11 is 9.82. The molecule has 0 saturated carbocycles. The Bertz CT molecular complexity index is 973. The average Bonchev–Trinajstić information content (AvgIpc) is 2.86. The van der Waals surface area contributed by atoms with Gasteiger partial charge >= 0.3 is 6.09 Å². The van der Waals surface area contributed by atoms with Gasteiger partial charge < -0.3 is 4.74 Å². The number of ether oxygens (including phenoxy) is 1. The van der Waals surface area contributed by atoms with E-state index in [4.69, 9.17) is 16.3 Å². The number of rotatable bonds is 1. The first-order valence-corrected chi connectivity index (χ1v) is 9.01. The zero-order chi connectivity index (χ0) is 18.4. The summed E-state index contributed by atoms with van der Waals surface area (Å²) in [5.41, 5.74) is 2.52. The SMILES string of the molecule is Cc1ccc2c(c1)nc(-c1cc(Br)ccc1Cl)n2C(=O)OC(C)(C)C. The van der Waals surface area contributed by atoms with Crippen LogP contribution in [0, 0.1) is 6.92 Å². The maximum absolute atomic E-state index is 12.9. The molecule has 0 spiro atoms. The van der Waals surface area contributed by atoms with Gasteiger partial charge in [-0.05, 0) is 63.6 Å². The number of nitrogens with zero attached hydrogens (tertiary/aromatic N) is 2. The van der Waals surface area contributed by atoms with Crippen molar-refractivity contribution in [3.05, 3.63) is 51.5 Å². The van der Waals surface area contributed by atoms with Crippen LogP contribution >= 0.6 is 27.5 Å². The first-order valence-electron chi connectivity index (χ1n) is 7.83. The predicted octanol–water partition coefficient (Wildman–Crippen LogP) is 6.21. The molecule has 0 bridgehead atoms. The molecule has 3 aromatic rings. The van der Waals surface area contributed by atoms with Gasteiger partial charge in [-0.25, -0.2) is 14.3 Å². The highest BCUT2D eigenvalue weighted by atomic mass is 79.9. The summed E-state index contributed by atoms with van der Waals surface area (Å²) < 4.78 is 7.91. The van der Waals surface area contributed by atoms with Gasteiger partial charge in [-0.15, -0.1) is 0 Å². The molecule has 6 heteroatoms. The second kappa shape index (κ2) is 6.46. The van der Waals surface area contributed by atoms with Crippen molar-refractivity contribution in [2.45, 2.75) is 33.3 Å². The molecule has 1 aromatic heterocycles. The van der Waals surface area contributed by atoms with Crippen LogP contribution < -0.4 is 0 Å². The van der Waals surface area contributed by atoms with Gasteiger partial charge in [0.1, 0.15) is 5.60 Å². The topological polar surface area (TPSA) is 44.1 Å². The van der Waals surface area contributed by atoms with Crippen LogP contribution in [-0.4, -0.2) is 21.2 Å². The van der Waals surface area contributed by atoms with Crippen LogP contribution in [-0.2, 0) is 4.74 Å². The molecule has 0 fully saturated rings. The number of carbonyl (C=O) groups is 1. The van der Waals surface area contributed by atoms with E-state index in [9.17, 15) is 4.79 Å². The summed E-state index contributed by atoms with van der Waals surface area (Å²) in [4.78, 5) is 17.5. The number of carbonyl (C=O) groups excluding carboxylic acids is 1. The van der Waals surface area contributed by atoms with Crippen molar-refractivity contribution in [3.63, 3.8) is 0 Å². The van der Waals surface area contributed by atoms with Gasteiger partial charge in [0.25, 0.3) is 0 Å². The third-order valence-corrected chi connectivity index (χ3v) is 4.38.